The van der Waals surface area contributed by atoms with Crippen molar-refractivity contribution in [3.8, 4) is 16.2 Å². The Bertz CT molecular complexity index is 1170. The number of hydrogen-bond acceptors (Lipinski definition) is 6. The van der Waals surface area contributed by atoms with Gasteiger partial charge in [-0.05, 0) is 43.5 Å². The van der Waals surface area contributed by atoms with Crippen LogP contribution < -0.4 is 10.4 Å². The van der Waals surface area contributed by atoms with E-state index >= 15 is 0 Å². The predicted octanol–water partition coefficient (Wildman–Crippen LogP) is 5.43. The van der Waals surface area contributed by atoms with Crippen LogP contribution in [0.2, 0.25) is 5.02 Å². The molecule has 0 aliphatic carbocycles. The van der Waals surface area contributed by atoms with E-state index in [4.69, 9.17) is 25.9 Å². The number of esters is 1. The lowest BCUT2D eigenvalue weighted by molar-refractivity contribution is -0.137. The van der Waals surface area contributed by atoms with E-state index in [1.165, 1.54) is 23.5 Å². The topological polar surface area (TPSA) is 93.8 Å². The van der Waals surface area contributed by atoms with Crippen LogP contribution in [0.15, 0.2) is 33.5 Å². The summed E-state index contributed by atoms with van der Waals surface area (Å²) >= 11 is 7.45. The molecular formula is C21H18ClFO6S. The molecule has 0 saturated carbocycles. The minimum atomic E-state index is -1.01. The predicted molar refractivity (Wildman–Crippen MR) is 112 cm³/mol. The van der Waals surface area contributed by atoms with E-state index in [1.807, 2.05) is 6.07 Å². The molecule has 0 amide bonds. The molecule has 2 aromatic heterocycles. The first-order chi connectivity index (χ1) is 14.3. The second kappa shape index (κ2) is 9.40. The average molecular weight is 453 g/mol. The van der Waals surface area contributed by atoms with Crippen LogP contribution in [0.25, 0.3) is 21.4 Å². The number of carbonyl (C=O) groups is 2. The van der Waals surface area contributed by atoms with Gasteiger partial charge in [0.25, 0.3) is 0 Å². The Labute approximate surface area is 179 Å². The zero-order valence-electron chi connectivity index (χ0n) is 16.0. The molecule has 0 spiro atoms. The highest BCUT2D eigenvalue weighted by Crippen LogP contribution is 2.36. The lowest BCUT2D eigenvalue weighted by atomic mass is 10.1. The van der Waals surface area contributed by atoms with Crippen molar-refractivity contribution in [1.29, 1.82) is 0 Å². The Morgan fingerprint density at radius 1 is 1.23 bits per heavy atom. The van der Waals surface area contributed by atoms with Gasteiger partial charge in [-0.3, -0.25) is 9.59 Å². The number of carbonyl (C=O) groups excluding carboxylic acids is 1. The van der Waals surface area contributed by atoms with Crippen LogP contribution in [-0.4, -0.2) is 17.0 Å². The smallest absolute Gasteiger partial charge is 0.345 e. The number of aryl methyl sites for hydroxylation is 1. The molecule has 9 heteroatoms. The Morgan fingerprint density at radius 2 is 2.00 bits per heavy atom. The van der Waals surface area contributed by atoms with Crippen LogP contribution in [0.1, 0.15) is 37.5 Å². The van der Waals surface area contributed by atoms with Gasteiger partial charge in [0, 0.05) is 28.5 Å². The fraction of sp³-hybridized carbons (Fsp3) is 0.286. The Kier molecular flexibility index (Phi) is 6.89. The summed E-state index contributed by atoms with van der Waals surface area (Å²) in [6.07, 6.45) is 3.21. The summed E-state index contributed by atoms with van der Waals surface area (Å²) < 4.78 is 24.6. The van der Waals surface area contributed by atoms with Gasteiger partial charge in [0.1, 0.15) is 0 Å². The summed E-state index contributed by atoms with van der Waals surface area (Å²) in [4.78, 5) is 35.9. The second-order valence-electron chi connectivity index (χ2n) is 6.68. The maximum absolute atomic E-state index is 14.6. The van der Waals surface area contributed by atoms with Crippen LogP contribution in [0.5, 0.6) is 5.75 Å². The molecule has 0 aliphatic heterocycles. The zero-order valence-corrected chi connectivity index (χ0v) is 17.6. The number of fused-ring (bicyclic) bond motifs is 1. The summed E-state index contributed by atoms with van der Waals surface area (Å²) in [5.74, 6) is -3.03. The van der Waals surface area contributed by atoms with Crippen molar-refractivity contribution in [2.45, 2.75) is 39.0 Å². The summed E-state index contributed by atoms with van der Waals surface area (Å²) in [6, 6.07) is 6.57. The number of thiophene rings is 1. The highest BCUT2D eigenvalue weighted by Gasteiger charge is 2.20. The minimum absolute atomic E-state index is 0.108. The first kappa shape index (κ1) is 22.0. The molecule has 1 N–H and O–H groups in total. The van der Waals surface area contributed by atoms with Gasteiger partial charge >= 0.3 is 17.6 Å². The molecule has 30 heavy (non-hydrogen) atoms. The molecule has 1 aromatic carbocycles. The van der Waals surface area contributed by atoms with Crippen molar-refractivity contribution in [2.24, 2.45) is 0 Å². The molecule has 158 valence electrons. The number of carboxylic acids is 1. The third kappa shape index (κ3) is 5.06. The summed E-state index contributed by atoms with van der Waals surface area (Å²) in [7, 11) is 0. The number of aliphatic carboxylic acids is 1. The van der Waals surface area contributed by atoms with Crippen molar-refractivity contribution in [2.75, 3.05) is 0 Å². The van der Waals surface area contributed by atoms with Gasteiger partial charge in [-0.15, -0.1) is 11.3 Å². The maximum Gasteiger partial charge on any atom is 0.345 e. The average Bonchev–Trinajstić information content (AvgIpc) is 3.13. The number of rotatable bonds is 8. The molecule has 0 aliphatic rings. The number of unbranched alkanes of at least 4 members (excludes halogenated alkanes) is 2. The molecule has 0 unspecified atom stereocenters. The van der Waals surface area contributed by atoms with E-state index in [1.54, 1.807) is 6.07 Å². The standard InChI is InChI=1S/C21H18ClFO6S/c1-11(24)28-20-15(22)10-12-9-14(21(27)29-19(12)18(20)23)16-8-7-13(30-16)5-3-2-4-6-17(25)26/h7-10H,2-6H2,1H3,(H,25,26). The number of halogens is 2. The molecule has 0 atom stereocenters. The summed E-state index contributed by atoms with van der Waals surface area (Å²) in [5, 5.41) is 8.82. The summed E-state index contributed by atoms with van der Waals surface area (Å²) in [5.41, 5.74) is -0.771. The normalized spacial score (nSPS) is 11.0. The largest absolute Gasteiger partial charge is 0.481 e. The molecule has 3 aromatic rings. The monoisotopic (exact) mass is 452 g/mol. The van der Waals surface area contributed by atoms with Crippen LogP contribution >= 0.6 is 22.9 Å². The number of hydrogen-bond donors (Lipinski definition) is 1. The highest BCUT2D eigenvalue weighted by molar-refractivity contribution is 7.15. The van der Waals surface area contributed by atoms with Gasteiger partial charge in [-0.2, -0.15) is 4.39 Å². The van der Waals surface area contributed by atoms with Crippen LogP contribution in [0.3, 0.4) is 0 Å². The Hall–Kier alpha value is -2.71. The molecule has 0 saturated heterocycles. The first-order valence-electron chi connectivity index (χ1n) is 9.21. The quantitative estimate of drug-likeness (QED) is 0.212. The van der Waals surface area contributed by atoms with E-state index in [0.717, 1.165) is 31.1 Å². The van der Waals surface area contributed by atoms with Crippen LogP contribution in [0.4, 0.5) is 4.39 Å². The molecule has 6 nitrogen and oxygen atoms in total. The van der Waals surface area contributed by atoms with Crippen molar-refractivity contribution in [3.05, 3.63) is 50.4 Å². The minimum Gasteiger partial charge on any atom is -0.481 e. The Balaban J connectivity index is 1.84. The van der Waals surface area contributed by atoms with Gasteiger partial charge in [0.15, 0.2) is 11.3 Å². The third-order valence-electron chi connectivity index (χ3n) is 4.36. The molecule has 0 bridgehead atoms. The van der Waals surface area contributed by atoms with Crippen molar-refractivity contribution in [1.82, 2.24) is 0 Å². The van der Waals surface area contributed by atoms with Crippen molar-refractivity contribution >= 4 is 45.8 Å². The molecule has 2 heterocycles. The van der Waals surface area contributed by atoms with Gasteiger partial charge in [0.2, 0.25) is 5.82 Å². The lowest BCUT2D eigenvalue weighted by Gasteiger charge is -2.08. The summed E-state index contributed by atoms with van der Waals surface area (Å²) in [6.45, 7) is 1.11. The van der Waals surface area contributed by atoms with E-state index in [0.29, 0.717) is 11.3 Å². The van der Waals surface area contributed by atoms with Crippen LogP contribution in [0, 0.1) is 5.82 Å². The van der Waals surface area contributed by atoms with Crippen molar-refractivity contribution in [3.63, 3.8) is 0 Å². The van der Waals surface area contributed by atoms with E-state index < -0.39 is 29.1 Å². The molecule has 3 rings (SSSR count). The van der Waals surface area contributed by atoms with Crippen LogP contribution in [-0.2, 0) is 16.0 Å². The first-order valence-corrected chi connectivity index (χ1v) is 10.4. The zero-order chi connectivity index (χ0) is 21.8. The van der Waals surface area contributed by atoms with Gasteiger partial charge in [-0.1, -0.05) is 18.0 Å². The van der Waals surface area contributed by atoms with E-state index in [2.05, 4.69) is 0 Å². The number of ether oxygens (including phenoxy) is 1. The van der Waals surface area contributed by atoms with Gasteiger partial charge in [-0.25, -0.2) is 4.79 Å². The number of benzene rings is 1. The maximum atomic E-state index is 14.6. The fourth-order valence-electron chi connectivity index (χ4n) is 2.99. The SMILES string of the molecule is CC(=O)Oc1c(Cl)cc2cc(-c3ccc(CCCCCC(=O)O)s3)c(=O)oc2c1F. The van der Waals surface area contributed by atoms with Gasteiger partial charge in [0.05, 0.1) is 10.6 Å². The third-order valence-corrected chi connectivity index (χ3v) is 5.82. The lowest BCUT2D eigenvalue weighted by Crippen LogP contribution is -2.06. The molecular weight excluding hydrogens is 435 g/mol. The van der Waals surface area contributed by atoms with Crippen molar-refractivity contribution < 1.29 is 28.2 Å². The van der Waals surface area contributed by atoms with Gasteiger partial charge < -0.3 is 14.3 Å². The molecule has 0 radical (unpaired) electrons. The number of carboxylic acid groups (broad SMARTS) is 1. The molecule has 0 fully saturated rings. The van der Waals surface area contributed by atoms with E-state index in [-0.39, 0.29) is 28.0 Å². The van der Waals surface area contributed by atoms with E-state index in [9.17, 15) is 18.8 Å². The fourth-order valence-corrected chi connectivity index (χ4v) is 4.29. The Morgan fingerprint density at radius 3 is 2.70 bits per heavy atom. The second-order valence-corrected chi connectivity index (χ2v) is 8.26. The highest BCUT2D eigenvalue weighted by atomic mass is 35.5.